The number of aromatic hydroxyl groups is 1. The predicted octanol–water partition coefficient (Wildman–Crippen LogP) is 5.78. The summed E-state index contributed by atoms with van der Waals surface area (Å²) in [6.07, 6.45) is 0.364. The molecule has 0 aliphatic heterocycles. The third-order valence-corrected chi connectivity index (χ3v) is 5.23. The van der Waals surface area contributed by atoms with Crippen LogP contribution in [0.2, 0.25) is 0 Å². The fourth-order valence-electron chi connectivity index (χ4n) is 3.31. The molecular weight excluding hydrogens is 442 g/mol. The average molecular weight is 468 g/mol. The lowest BCUT2D eigenvalue weighted by Crippen LogP contribution is -2.25. The molecule has 0 unspecified atom stereocenters. The second-order valence-corrected chi connectivity index (χ2v) is 8.37. The molecule has 2 N–H and O–H groups in total. The molecule has 3 aromatic rings. The molecule has 3 aromatic carbocycles. The molecule has 0 aliphatic carbocycles. The second kappa shape index (κ2) is 10.3. The van der Waals surface area contributed by atoms with Crippen LogP contribution in [0.5, 0.6) is 11.5 Å². The van der Waals surface area contributed by atoms with Crippen molar-refractivity contribution in [2.75, 3.05) is 0 Å². The van der Waals surface area contributed by atoms with E-state index in [0.717, 1.165) is 26.9 Å². The summed E-state index contributed by atoms with van der Waals surface area (Å²) in [5, 5.41) is 13.4. The zero-order chi connectivity index (χ0) is 21.5. The maximum absolute atomic E-state index is 12.8. The first-order chi connectivity index (χ1) is 14.4. The number of nitrogens with one attached hydrogen (secondary N) is 1. The number of rotatable bonds is 8. The molecule has 3 rings (SSSR count). The van der Waals surface area contributed by atoms with Crippen LogP contribution in [0.25, 0.3) is 0 Å². The van der Waals surface area contributed by atoms with Gasteiger partial charge in [-0.3, -0.25) is 4.79 Å². The molecule has 0 aliphatic rings. The zero-order valence-electron chi connectivity index (χ0n) is 17.1. The van der Waals surface area contributed by atoms with Gasteiger partial charge in [-0.05, 0) is 55.3 Å². The van der Waals surface area contributed by atoms with Gasteiger partial charge in [0, 0.05) is 28.9 Å². The lowest BCUT2D eigenvalue weighted by atomic mass is 9.87. The summed E-state index contributed by atoms with van der Waals surface area (Å²) in [6.45, 7) is 4.41. The number of halogens is 1. The maximum Gasteiger partial charge on any atom is 0.221 e. The summed E-state index contributed by atoms with van der Waals surface area (Å²) in [4.78, 5) is 12.8. The zero-order valence-corrected chi connectivity index (χ0v) is 18.7. The summed E-state index contributed by atoms with van der Waals surface area (Å²) in [6, 6.07) is 22.8. The number of benzene rings is 3. The SMILES string of the molecule is CC(C)Oc1ccc(CNC(=O)C[C@@H](c2ccccc2)c2cc(Br)ccc2O)cc1. The Hall–Kier alpha value is -2.79. The van der Waals surface area contributed by atoms with Crippen molar-refractivity contribution in [3.05, 3.63) is 94.0 Å². The van der Waals surface area contributed by atoms with E-state index >= 15 is 0 Å². The fraction of sp³-hybridized carbons (Fsp3) is 0.240. The van der Waals surface area contributed by atoms with Crippen LogP contribution in [0, 0.1) is 0 Å². The molecule has 0 saturated carbocycles. The third-order valence-electron chi connectivity index (χ3n) is 4.74. The third kappa shape index (κ3) is 6.10. The maximum atomic E-state index is 12.8. The van der Waals surface area contributed by atoms with Crippen LogP contribution in [0.15, 0.2) is 77.3 Å². The van der Waals surface area contributed by atoms with Crippen molar-refractivity contribution in [1.82, 2.24) is 5.32 Å². The Kier molecular flexibility index (Phi) is 7.52. The van der Waals surface area contributed by atoms with Gasteiger partial charge in [-0.15, -0.1) is 0 Å². The Balaban J connectivity index is 1.70. The van der Waals surface area contributed by atoms with Gasteiger partial charge in [0.05, 0.1) is 6.10 Å². The Labute approximate surface area is 186 Å². The topological polar surface area (TPSA) is 58.6 Å². The molecule has 156 valence electrons. The van der Waals surface area contributed by atoms with E-state index in [2.05, 4.69) is 21.2 Å². The van der Waals surface area contributed by atoms with Crippen molar-refractivity contribution >= 4 is 21.8 Å². The number of phenolic OH excluding ortho intramolecular Hbond substituents is 1. The predicted molar refractivity (Wildman–Crippen MR) is 123 cm³/mol. The van der Waals surface area contributed by atoms with Crippen molar-refractivity contribution in [3.8, 4) is 11.5 Å². The highest BCUT2D eigenvalue weighted by Crippen LogP contribution is 2.35. The van der Waals surface area contributed by atoms with E-state index < -0.39 is 0 Å². The molecular formula is C25H26BrNO3. The van der Waals surface area contributed by atoms with Crippen LogP contribution in [0.3, 0.4) is 0 Å². The lowest BCUT2D eigenvalue weighted by molar-refractivity contribution is -0.121. The highest BCUT2D eigenvalue weighted by Gasteiger charge is 2.21. The van der Waals surface area contributed by atoms with Gasteiger partial charge in [0.15, 0.2) is 0 Å². The van der Waals surface area contributed by atoms with E-state index in [0.29, 0.717) is 6.54 Å². The van der Waals surface area contributed by atoms with Gasteiger partial charge in [-0.2, -0.15) is 0 Å². The van der Waals surface area contributed by atoms with Crippen LogP contribution < -0.4 is 10.1 Å². The van der Waals surface area contributed by atoms with Crippen LogP contribution in [-0.4, -0.2) is 17.1 Å². The van der Waals surface area contributed by atoms with Crippen molar-refractivity contribution < 1.29 is 14.6 Å². The van der Waals surface area contributed by atoms with Crippen molar-refractivity contribution in [2.45, 2.75) is 38.8 Å². The summed E-state index contributed by atoms with van der Waals surface area (Å²) in [5.41, 5.74) is 2.71. The molecule has 1 amide bonds. The minimum Gasteiger partial charge on any atom is -0.508 e. The van der Waals surface area contributed by atoms with Gasteiger partial charge in [-0.25, -0.2) is 0 Å². The van der Waals surface area contributed by atoms with Crippen LogP contribution in [0.1, 0.15) is 42.9 Å². The molecule has 0 spiro atoms. The van der Waals surface area contributed by atoms with Crippen LogP contribution in [0.4, 0.5) is 0 Å². The summed E-state index contributed by atoms with van der Waals surface area (Å²) in [7, 11) is 0. The molecule has 4 nitrogen and oxygen atoms in total. The number of hydrogen-bond donors (Lipinski definition) is 2. The molecule has 0 radical (unpaired) electrons. The van der Waals surface area contributed by atoms with Crippen molar-refractivity contribution in [3.63, 3.8) is 0 Å². The molecule has 1 atom stereocenters. The Morgan fingerprint density at radius 1 is 1.03 bits per heavy atom. The molecule has 0 aromatic heterocycles. The summed E-state index contributed by atoms with van der Waals surface area (Å²) in [5.74, 6) is 0.672. The van der Waals surface area contributed by atoms with Gasteiger partial charge >= 0.3 is 0 Å². The summed E-state index contributed by atoms with van der Waals surface area (Å²) < 4.78 is 6.51. The number of phenols is 1. The smallest absolute Gasteiger partial charge is 0.221 e. The molecule has 0 bridgehead atoms. The quantitative estimate of drug-likeness (QED) is 0.441. The first kappa shape index (κ1) is 21.9. The van der Waals surface area contributed by atoms with Gasteiger partial charge in [0.1, 0.15) is 11.5 Å². The normalized spacial score (nSPS) is 11.9. The highest BCUT2D eigenvalue weighted by molar-refractivity contribution is 9.10. The minimum atomic E-state index is -0.245. The number of carbonyl (C=O) groups is 1. The molecule has 30 heavy (non-hydrogen) atoms. The number of carbonyl (C=O) groups excluding carboxylic acids is 1. The Morgan fingerprint density at radius 2 is 1.73 bits per heavy atom. The van der Waals surface area contributed by atoms with Gasteiger partial charge in [0.2, 0.25) is 5.91 Å². The van der Waals surface area contributed by atoms with E-state index in [1.807, 2.05) is 74.5 Å². The van der Waals surface area contributed by atoms with Gasteiger partial charge in [0.25, 0.3) is 0 Å². The van der Waals surface area contributed by atoms with E-state index in [4.69, 9.17) is 4.74 Å². The number of ether oxygens (including phenoxy) is 1. The number of amides is 1. The largest absolute Gasteiger partial charge is 0.508 e. The van der Waals surface area contributed by atoms with Crippen LogP contribution in [-0.2, 0) is 11.3 Å². The van der Waals surface area contributed by atoms with Gasteiger partial charge < -0.3 is 15.2 Å². The second-order valence-electron chi connectivity index (χ2n) is 7.46. The van der Waals surface area contributed by atoms with Crippen LogP contribution >= 0.6 is 15.9 Å². The number of hydrogen-bond acceptors (Lipinski definition) is 3. The lowest BCUT2D eigenvalue weighted by Gasteiger charge is -2.19. The minimum absolute atomic E-state index is 0.0780. The van der Waals surface area contributed by atoms with E-state index in [-0.39, 0.29) is 30.1 Å². The van der Waals surface area contributed by atoms with E-state index in [1.165, 1.54) is 0 Å². The average Bonchev–Trinajstić information content (AvgIpc) is 2.73. The Morgan fingerprint density at radius 3 is 2.40 bits per heavy atom. The molecule has 0 fully saturated rings. The molecule has 0 saturated heterocycles. The first-order valence-corrected chi connectivity index (χ1v) is 10.8. The van der Waals surface area contributed by atoms with E-state index in [9.17, 15) is 9.90 Å². The van der Waals surface area contributed by atoms with Crippen molar-refractivity contribution in [1.29, 1.82) is 0 Å². The van der Waals surface area contributed by atoms with Gasteiger partial charge in [-0.1, -0.05) is 58.4 Å². The highest BCUT2D eigenvalue weighted by atomic mass is 79.9. The van der Waals surface area contributed by atoms with E-state index in [1.54, 1.807) is 12.1 Å². The fourth-order valence-corrected chi connectivity index (χ4v) is 3.69. The monoisotopic (exact) mass is 467 g/mol. The van der Waals surface area contributed by atoms with Crippen molar-refractivity contribution in [2.24, 2.45) is 0 Å². The standard InChI is InChI=1S/C25H26BrNO3/c1-17(2)30-21-11-8-18(9-12-21)16-27-25(29)15-22(19-6-4-3-5-7-19)23-14-20(26)10-13-24(23)28/h3-14,17,22,28H,15-16H2,1-2H3,(H,27,29)/t22-/m0/s1. The Bertz CT molecular complexity index is 971. The molecule has 5 heteroatoms. The first-order valence-electron chi connectivity index (χ1n) is 9.98. The molecule has 0 heterocycles. The summed E-state index contributed by atoms with van der Waals surface area (Å²) >= 11 is 3.46.